The molecule has 1 aliphatic rings. The normalized spacial score (nSPS) is 12.5. The fourth-order valence-electron chi connectivity index (χ4n) is 3.41. The van der Waals surface area contributed by atoms with E-state index in [4.69, 9.17) is 19.2 Å². The minimum Gasteiger partial charge on any atom is -0.494 e. The molecule has 1 amide bonds. The van der Waals surface area contributed by atoms with Crippen molar-refractivity contribution in [1.82, 2.24) is 9.88 Å². The van der Waals surface area contributed by atoms with Crippen LogP contribution in [0.3, 0.4) is 0 Å². The van der Waals surface area contributed by atoms with Gasteiger partial charge in [0.2, 0.25) is 0 Å². The number of aromatic nitrogens is 1. The monoisotopic (exact) mass is 477 g/mol. The van der Waals surface area contributed by atoms with E-state index in [9.17, 15) is 4.79 Å². The Bertz CT molecular complexity index is 1010. The highest BCUT2D eigenvalue weighted by atomic mass is 35.5. The Morgan fingerprint density at radius 2 is 1.78 bits per heavy atom. The van der Waals surface area contributed by atoms with E-state index in [-0.39, 0.29) is 18.3 Å². The maximum Gasteiger partial charge on any atom is 0.260 e. The van der Waals surface area contributed by atoms with Crippen molar-refractivity contribution in [2.75, 3.05) is 51.9 Å². The zero-order valence-corrected chi connectivity index (χ0v) is 20.1. The molecule has 0 fully saturated rings. The highest BCUT2D eigenvalue weighted by Crippen LogP contribution is 2.39. The average molecular weight is 478 g/mol. The molecule has 9 heteroatoms. The number of fused-ring (bicyclic) bond motifs is 2. The second kappa shape index (κ2) is 10.8. The molecule has 3 aromatic rings. The number of thiazole rings is 1. The molecule has 0 saturated heterocycles. The molecule has 7 nitrogen and oxygen atoms in total. The van der Waals surface area contributed by atoms with Gasteiger partial charge < -0.3 is 19.1 Å². The molecule has 32 heavy (non-hydrogen) atoms. The minimum atomic E-state index is -0.0712. The average Bonchev–Trinajstić information content (AvgIpc) is 3.17. The summed E-state index contributed by atoms with van der Waals surface area (Å²) >= 11 is 1.49. The van der Waals surface area contributed by atoms with Crippen LogP contribution < -0.4 is 19.1 Å². The van der Waals surface area contributed by atoms with E-state index in [0.29, 0.717) is 42.8 Å². The van der Waals surface area contributed by atoms with Gasteiger partial charge in [0.15, 0.2) is 16.6 Å². The van der Waals surface area contributed by atoms with Crippen molar-refractivity contribution in [2.45, 2.75) is 13.3 Å². The summed E-state index contributed by atoms with van der Waals surface area (Å²) in [4.78, 5) is 22.1. The molecule has 0 bridgehead atoms. The lowest BCUT2D eigenvalue weighted by Crippen LogP contribution is -2.33. The van der Waals surface area contributed by atoms with Crippen LogP contribution in [0, 0.1) is 0 Å². The number of nitrogens with zero attached hydrogens (tertiary/aromatic N) is 3. The van der Waals surface area contributed by atoms with Crippen molar-refractivity contribution in [3.05, 3.63) is 42.0 Å². The van der Waals surface area contributed by atoms with Gasteiger partial charge in [0.1, 0.15) is 19.0 Å². The van der Waals surface area contributed by atoms with Crippen LogP contribution >= 0.6 is 23.7 Å². The highest BCUT2D eigenvalue weighted by Gasteiger charge is 2.23. The number of halogens is 1. The Labute approximate surface area is 198 Å². The van der Waals surface area contributed by atoms with Crippen LogP contribution in [0.25, 0.3) is 10.2 Å². The van der Waals surface area contributed by atoms with Crippen molar-refractivity contribution >= 4 is 45.0 Å². The predicted molar refractivity (Wildman–Crippen MR) is 130 cm³/mol. The first-order chi connectivity index (χ1) is 15.0. The van der Waals surface area contributed by atoms with Gasteiger partial charge >= 0.3 is 0 Å². The van der Waals surface area contributed by atoms with Gasteiger partial charge in [-0.15, -0.1) is 12.4 Å². The molecule has 0 aliphatic carbocycles. The Kier molecular flexibility index (Phi) is 8.17. The standard InChI is InChI=1S/C23H27N3O4S.ClH/c1-4-28-17-8-6-16(7-9-17)22(27)26(11-5-10-25(2)3)23-24-18-14-19-20(15-21(18)31-23)30-13-12-29-19;/h6-9,14-15H,4-5,10-13H2,1-3H3;1H. The van der Waals surface area contributed by atoms with Gasteiger partial charge in [0, 0.05) is 24.2 Å². The molecule has 1 aliphatic heterocycles. The van der Waals surface area contributed by atoms with Gasteiger partial charge in [-0.1, -0.05) is 11.3 Å². The van der Waals surface area contributed by atoms with E-state index in [0.717, 1.165) is 34.7 Å². The number of amides is 1. The summed E-state index contributed by atoms with van der Waals surface area (Å²) in [6, 6.07) is 11.1. The molecular weight excluding hydrogens is 450 g/mol. The number of carbonyl (C=O) groups is 1. The van der Waals surface area contributed by atoms with Crippen LogP contribution in [0.1, 0.15) is 23.7 Å². The SMILES string of the molecule is CCOc1ccc(C(=O)N(CCCN(C)C)c2nc3cc4c(cc3s2)OCCO4)cc1.Cl. The summed E-state index contributed by atoms with van der Waals surface area (Å²) in [5.74, 6) is 2.11. The number of ether oxygens (including phenoxy) is 3. The Balaban J connectivity index is 0.00000289. The molecule has 0 saturated carbocycles. The third-order valence-corrected chi connectivity index (χ3v) is 5.96. The summed E-state index contributed by atoms with van der Waals surface area (Å²) in [5, 5.41) is 0.676. The van der Waals surface area contributed by atoms with Crippen LogP contribution in [0.5, 0.6) is 17.2 Å². The molecule has 0 atom stereocenters. The lowest BCUT2D eigenvalue weighted by Gasteiger charge is -2.21. The Hall–Kier alpha value is -2.55. The lowest BCUT2D eigenvalue weighted by atomic mass is 10.2. The second-order valence-electron chi connectivity index (χ2n) is 7.53. The van der Waals surface area contributed by atoms with E-state index in [1.165, 1.54) is 11.3 Å². The van der Waals surface area contributed by atoms with Gasteiger partial charge in [-0.25, -0.2) is 4.98 Å². The topological polar surface area (TPSA) is 64.1 Å². The first-order valence-electron chi connectivity index (χ1n) is 10.4. The lowest BCUT2D eigenvalue weighted by molar-refractivity contribution is 0.0986. The summed E-state index contributed by atoms with van der Waals surface area (Å²) in [6.45, 7) is 5.06. The van der Waals surface area contributed by atoms with E-state index in [1.807, 2.05) is 45.3 Å². The van der Waals surface area contributed by atoms with Gasteiger partial charge in [-0.05, 0) is 58.3 Å². The number of carbonyl (C=O) groups excluding carboxylic acids is 1. The van der Waals surface area contributed by atoms with Gasteiger partial charge in [-0.2, -0.15) is 0 Å². The third-order valence-electron chi connectivity index (χ3n) is 4.92. The maximum atomic E-state index is 13.4. The minimum absolute atomic E-state index is 0. The molecule has 0 unspecified atom stereocenters. The molecule has 2 aromatic carbocycles. The van der Waals surface area contributed by atoms with Crippen LogP contribution in [-0.2, 0) is 0 Å². The molecule has 1 aromatic heterocycles. The number of benzene rings is 2. The van der Waals surface area contributed by atoms with Gasteiger partial charge in [0.25, 0.3) is 5.91 Å². The highest BCUT2D eigenvalue weighted by molar-refractivity contribution is 7.22. The molecular formula is C23H28ClN3O4S. The first kappa shape index (κ1) is 24.1. The molecule has 0 spiro atoms. The zero-order chi connectivity index (χ0) is 21.8. The third kappa shape index (κ3) is 5.43. The van der Waals surface area contributed by atoms with E-state index in [2.05, 4.69) is 4.90 Å². The molecule has 2 heterocycles. The van der Waals surface area contributed by atoms with Crippen molar-refractivity contribution in [3.63, 3.8) is 0 Å². The molecule has 4 rings (SSSR count). The number of anilines is 1. The summed E-state index contributed by atoms with van der Waals surface area (Å²) in [7, 11) is 4.06. The van der Waals surface area contributed by atoms with Crippen LogP contribution in [0.2, 0.25) is 0 Å². The van der Waals surface area contributed by atoms with Crippen molar-refractivity contribution in [1.29, 1.82) is 0 Å². The number of rotatable bonds is 8. The van der Waals surface area contributed by atoms with Crippen molar-refractivity contribution < 1.29 is 19.0 Å². The zero-order valence-electron chi connectivity index (χ0n) is 18.5. The first-order valence-corrected chi connectivity index (χ1v) is 11.3. The van der Waals surface area contributed by atoms with Crippen LogP contribution in [0.4, 0.5) is 5.13 Å². The quantitative estimate of drug-likeness (QED) is 0.476. The number of hydrogen-bond donors (Lipinski definition) is 0. The van der Waals surface area contributed by atoms with E-state index >= 15 is 0 Å². The Morgan fingerprint density at radius 1 is 1.09 bits per heavy atom. The van der Waals surface area contributed by atoms with Crippen molar-refractivity contribution in [2.24, 2.45) is 0 Å². The fraction of sp³-hybridized carbons (Fsp3) is 0.391. The largest absolute Gasteiger partial charge is 0.494 e. The van der Waals surface area contributed by atoms with E-state index < -0.39 is 0 Å². The molecule has 0 radical (unpaired) electrons. The summed E-state index contributed by atoms with van der Waals surface area (Å²) in [5.41, 5.74) is 1.42. The summed E-state index contributed by atoms with van der Waals surface area (Å²) in [6.07, 6.45) is 0.842. The molecule has 0 N–H and O–H groups in total. The van der Waals surface area contributed by atoms with Crippen LogP contribution in [0.15, 0.2) is 36.4 Å². The smallest absolute Gasteiger partial charge is 0.260 e. The van der Waals surface area contributed by atoms with Gasteiger partial charge in [-0.3, -0.25) is 9.69 Å². The van der Waals surface area contributed by atoms with Gasteiger partial charge in [0.05, 0.1) is 16.8 Å². The summed E-state index contributed by atoms with van der Waals surface area (Å²) < 4.78 is 17.8. The maximum absolute atomic E-state index is 13.4. The fourth-order valence-corrected chi connectivity index (χ4v) is 4.41. The van der Waals surface area contributed by atoms with Crippen LogP contribution in [-0.4, -0.2) is 62.8 Å². The second-order valence-corrected chi connectivity index (χ2v) is 8.54. The van der Waals surface area contributed by atoms with E-state index in [1.54, 1.807) is 17.0 Å². The predicted octanol–water partition coefficient (Wildman–Crippen LogP) is 4.49. The van der Waals surface area contributed by atoms with Crippen molar-refractivity contribution in [3.8, 4) is 17.2 Å². The Morgan fingerprint density at radius 3 is 2.44 bits per heavy atom. The molecule has 172 valence electrons. The number of hydrogen-bond acceptors (Lipinski definition) is 7.